The lowest BCUT2D eigenvalue weighted by Gasteiger charge is -2.11. The second-order valence-electron chi connectivity index (χ2n) is 6.61. The molecular weight excluding hydrogens is 328 g/mol. The Balaban J connectivity index is 1.53. The Morgan fingerprint density at radius 3 is 2.62 bits per heavy atom. The summed E-state index contributed by atoms with van der Waals surface area (Å²) in [4.78, 5) is 30.7. The first-order valence-corrected chi connectivity index (χ1v) is 8.84. The molecule has 2 amide bonds. The SMILES string of the molecule is O=CNc1ccc2nc(-c3ccc(C(=O)NC4CCCC4)cc3)[nH]c2c1. The molecule has 3 N–H and O–H groups in total. The number of fused-ring (bicyclic) bond motifs is 1. The Morgan fingerprint density at radius 2 is 1.88 bits per heavy atom. The number of rotatable bonds is 5. The van der Waals surface area contributed by atoms with Crippen LogP contribution in [-0.2, 0) is 4.79 Å². The number of carbonyl (C=O) groups excluding carboxylic acids is 2. The number of hydrogen-bond acceptors (Lipinski definition) is 3. The Kier molecular flexibility index (Phi) is 4.39. The molecule has 1 heterocycles. The van der Waals surface area contributed by atoms with E-state index in [4.69, 9.17) is 0 Å². The standard InChI is InChI=1S/C20H20N4O2/c25-12-21-16-9-10-17-18(11-16)24-19(23-17)13-5-7-14(8-6-13)20(26)22-15-3-1-2-4-15/h5-12,15H,1-4H2,(H,21,25)(H,22,26)(H,23,24). The third-order valence-electron chi connectivity index (χ3n) is 4.82. The maximum absolute atomic E-state index is 12.3. The molecule has 0 bridgehead atoms. The van der Waals surface area contributed by atoms with Gasteiger partial charge < -0.3 is 15.6 Å². The third-order valence-corrected chi connectivity index (χ3v) is 4.82. The normalized spacial score (nSPS) is 14.5. The number of anilines is 1. The van der Waals surface area contributed by atoms with Gasteiger partial charge in [0.15, 0.2) is 0 Å². The van der Waals surface area contributed by atoms with E-state index in [0.29, 0.717) is 23.7 Å². The maximum atomic E-state index is 12.3. The molecule has 0 unspecified atom stereocenters. The Hall–Kier alpha value is -3.15. The second-order valence-corrected chi connectivity index (χ2v) is 6.61. The van der Waals surface area contributed by atoms with Crippen molar-refractivity contribution in [2.75, 3.05) is 5.32 Å². The molecule has 1 aliphatic carbocycles. The van der Waals surface area contributed by atoms with Crippen molar-refractivity contribution in [2.24, 2.45) is 0 Å². The molecule has 3 aromatic rings. The van der Waals surface area contributed by atoms with Crippen LogP contribution in [0.15, 0.2) is 42.5 Å². The number of hydrogen-bond donors (Lipinski definition) is 3. The summed E-state index contributed by atoms with van der Waals surface area (Å²) < 4.78 is 0. The van der Waals surface area contributed by atoms with E-state index in [1.165, 1.54) is 12.8 Å². The fourth-order valence-electron chi connectivity index (χ4n) is 3.42. The zero-order valence-corrected chi connectivity index (χ0v) is 14.3. The van der Waals surface area contributed by atoms with Gasteiger partial charge in [0.2, 0.25) is 6.41 Å². The summed E-state index contributed by atoms with van der Waals surface area (Å²) in [6, 6.07) is 13.2. The first-order chi connectivity index (χ1) is 12.7. The summed E-state index contributed by atoms with van der Waals surface area (Å²) in [6.07, 6.45) is 5.18. The number of nitrogens with zero attached hydrogens (tertiary/aromatic N) is 1. The van der Waals surface area contributed by atoms with Crippen LogP contribution in [-0.4, -0.2) is 28.3 Å². The number of benzene rings is 2. The molecule has 0 saturated heterocycles. The smallest absolute Gasteiger partial charge is 0.251 e. The lowest BCUT2D eigenvalue weighted by atomic mass is 10.1. The van der Waals surface area contributed by atoms with Gasteiger partial charge in [-0.25, -0.2) is 4.98 Å². The van der Waals surface area contributed by atoms with Gasteiger partial charge in [-0.2, -0.15) is 0 Å². The molecule has 0 aliphatic heterocycles. The van der Waals surface area contributed by atoms with Crippen LogP contribution in [0.2, 0.25) is 0 Å². The molecule has 4 rings (SSSR count). The maximum Gasteiger partial charge on any atom is 0.251 e. The van der Waals surface area contributed by atoms with Gasteiger partial charge in [-0.3, -0.25) is 9.59 Å². The van der Waals surface area contributed by atoms with Crippen LogP contribution in [0.5, 0.6) is 0 Å². The Bertz CT molecular complexity index is 940. The highest BCUT2D eigenvalue weighted by Gasteiger charge is 2.18. The van der Waals surface area contributed by atoms with E-state index in [-0.39, 0.29) is 5.91 Å². The topological polar surface area (TPSA) is 86.9 Å². The minimum atomic E-state index is -0.0161. The van der Waals surface area contributed by atoms with Crippen LogP contribution < -0.4 is 10.6 Å². The quantitative estimate of drug-likeness (QED) is 0.617. The first kappa shape index (κ1) is 16.3. The van der Waals surface area contributed by atoms with Crippen molar-refractivity contribution in [3.8, 4) is 11.4 Å². The minimum Gasteiger partial charge on any atom is -0.349 e. The van der Waals surface area contributed by atoms with Gasteiger partial charge in [0.05, 0.1) is 11.0 Å². The predicted molar refractivity (Wildman–Crippen MR) is 101 cm³/mol. The van der Waals surface area contributed by atoms with Gasteiger partial charge in [-0.1, -0.05) is 25.0 Å². The average molecular weight is 348 g/mol. The monoisotopic (exact) mass is 348 g/mol. The van der Waals surface area contributed by atoms with Crippen LogP contribution in [0, 0.1) is 0 Å². The highest BCUT2D eigenvalue weighted by molar-refractivity contribution is 5.95. The third kappa shape index (κ3) is 3.31. The zero-order valence-electron chi connectivity index (χ0n) is 14.3. The fourth-order valence-corrected chi connectivity index (χ4v) is 3.42. The number of H-pyrrole nitrogens is 1. The number of nitrogens with one attached hydrogen (secondary N) is 3. The van der Waals surface area contributed by atoms with Crippen molar-refractivity contribution in [2.45, 2.75) is 31.7 Å². The number of amides is 2. The van der Waals surface area contributed by atoms with Crippen LogP contribution in [0.1, 0.15) is 36.0 Å². The number of carbonyl (C=O) groups is 2. The van der Waals surface area contributed by atoms with Gasteiger partial charge in [0.1, 0.15) is 5.82 Å². The molecule has 0 atom stereocenters. The van der Waals surface area contributed by atoms with Gasteiger partial charge in [0.25, 0.3) is 5.91 Å². The number of aromatic amines is 1. The van der Waals surface area contributed by atoms with Crippen LogP contribution in [0.3, 0.4) is 0 Å². The van der Waals surface area contributed by atoms with Crippen molar-refractivity contribution >= 4 is 29.0 Å². The summed E-state index contributed by atoms with van der Waals surface area (Å²) in [6.45, 7) is 0. The molecule has 6 heteroatoms. The Morgan fingerprint density at radius 1 is 1.12 bits per heavy atom. The Labute approximate surface area is 151 Å². The summed E-state index contributed by atoms with van der Waals surface area (Å²) >= 11 is 0. The van der Waals surface area contributed by atoms with Gasteiger partial charge in [-0.05, 0) is 43.2 Å². The molecule has 1 fully saturated rings. The van der Waals surface area contributed by atoms with Gasteiger partial charge in [0, 0.05) is 22.9 Å². The first-order valence-electron chi connectivity index (χ1n) is 8.84. The molecule has 6 nitrogen and oxygen atoms in total. The van der Waals surface area contributed by atoms with Crippen LogP contribution in [0.25, 0.3) is 22.4 Å². The van der Waals surface area contributed by atoms with Crippen molar-refractivity contribution in [1.82, 2.24) is 15.3 Å². The van der Waals surface area contributed by atoms with E-state index >= 15 is 0 Å². The average Bonchev–Trinajstić information content (AvgIpc) is 3.31. The van der Waals surface area contributed by atoms with E-state index in [1.807, 2.05) is 36.4 Å². The molecule has 26 heavy (non-hydrogen) atoms. The largest absolute Gasteiger partial charge is 0.349 e. The lowest BCUT2D eigenvalue weighted by molar-refractivity contribution is -0.105. The molecule has 1 saturated carbocycles. The summed E-state index contributed by atoms with van der Waals surface area (Å²) in [5, 5.41) is 5.72. The summed E-state index contributed by atoms with van der Waals surface area (Å²) in [5.41, 5.74) is 3.94. The number of imidazole rings is 1. The van der Waals surface area contributed by atoms with Crippen molar-refractivity contribution < 1.29 is 9.59 Å². The number of aromatic nitrogens is 2. The van der Waals surface area contributed by atoms with E-state index in [9.17, 15) is 9.59 Å². The highest BCUT2D eigenvalue weighted by atomic mass is 16.1. The highest BCUT2D eigenvalue weighted by Crippen LogP contribution is 2.23. The fraction of sp³-hybridized carbons (Fsp3) is 0.250. The van der Waals surface area contributed by atoms with E-state index in [0.717, 1.165) is 35.3 Å². The van der Waals surface area contributed by atoms with E-state index in [1.54, 1.807) is 6.07 Å². The lowest BCUT2D eigenvalue weighted by Crippen LogP contribution is -2.32. The van der Waals surface area contributed by atoms with Gasteiger partial charge in [-0.15, -0.1) is 0 Å². The molecule has 0 spiro atoms. The van der Waals surface area contributed by atoms with Gasteiger partial charge >= 0.3 is 0 Å². The van der Waals surface area contributed by atoms with E-state index in [2.05, 4.69) is 20.6 Å². The van der Waals surface area contributed by atoms with Crippen molar-refractivity contribution in [3.63, 3.8) is 0 Å². The van der Waals surface area contributed by atoms with Crippen LogP contribution in [0.4, 0.5) is 5.69 Å². The molecule has 2 aromatic carbocycles. The summed E-state index contributed by atoms with van der Waals surface area (Å²) in [7, 11) is 0. The second kappa shape index (κ2) is 7.00. The predicted octanol–water partition coefficient (Wildman–Crippen LogP) is 3.47. The molecule has 0 radical (unpaired) electrons. The van der Waals surface area contributed by atoms with E-state index < -0.39 is 0 Å². The van der Waals surface area contributed by atoms with Crippen LogP contribution >= 0.6 is 0 Å². The molecule has 1 aliphatic rings. The molecule has 1 aromatic heterocycles. The molecule has 132 valence electrons. The zero-order chi connectivity index (χ0) is 17.9. The summed E-state index contributed by atoms with van der Waals surface area (Å²) in [5.74, 6) is 0.712. The van der Waals surface area contributed by atoms with Crippen molar-refractivity contribution in [3.05, 3.63) is 48.0 Å². The molecular formula is C20H20N4O2. The minimum absolute atomic E-state index is 0.0161. The van der Waals surface area contributed by atoms with Crippen molar-refractivity contribution in [1.29, 1.82) is 0 Å².